The molecule has 1 fully saturated rings. The average molecular weight is 203 g/mol. The van der Waals surface area contributed by atoms with E-state index in [1.54, 1.807) is 0 Å². The molecule has 0 amide bonds. The van der Waals surface area contributed by atoms with E-state index in [0.29, 0.717) is 0 Å². The molecule has 5 atom stereocenters. The van der Waals surface area contributed by atoms with Gasteiger partial charge in [-0.15, -0.1) is 0 Å². The van der Waals surface area contributed by atoms with Crippen molar-refractivity contribution in [1.82, 2.24) is 0 Å². The Morgan fingerprint density at radius 3 is 2.29 bits per heavy atom. The lowest BCUT2D eigenvalue weighted by atomic mass is 9.83. The van der Waals surface area contributed by atoms with Gasteiger partial charge >= 0.3 is 0 Å². The van der Waals surface area contributed by atoms with E-state index in [-0.39, 0.29) is 30.8 Å². The molecule has 0 aromatic rings. The van der Waals surface area contributed by atoms with E-state index in [0.717, 1.165) is 12.8 Å². The highest BCUT2D eigenvalue weighted by Gasteiger charge is 2.41. The topological polar surface area (TPSA) is 75.7 Å². The quantitative estimate of drug-likeness (QED) is 0.597. The van der Waals surface area contributed by atoms with Crippen molar-refractivity contribution in [3.63, 3.8) is 0 Å². The van der Waals surface area contributed by atoms with Gasteiger partial charge in [0.05, 0.1) is 31.0 Å². The molecule has 4 heteroatoms. The van der Waals surface area contributed by atoms with Gasteiger partial charge < -0.3 is 20.7 Å². The maximum Gasteiger partial charge on any atom is 0.0863 e. The van der Waals surface area contributed by atoms with Crippen LogP contribution in [0.3, 0.4) is 0 Å². The van der Waals surface area contributed by atoms with Crippen LogP contribution in [0.5, 0.6) is 0 Å². The minimum atomic E-state index is -0.559. The van der Waals surface area contributed by atoms with Crippen molar-refractivity contribution >= 4 is 0 Å². The van der Waals surface area contributed by atoms with Gasteiger partial charge in [-0.25, -0.2) is 0 Å². The number of rotatable bonds is 3. The molecule has 1 rings (SSSR count). The highest BCUT2D eigenvalue weighted by molar-refractivity contribution is 4.93. The third kappa shape index (κ3) is 2.08. The molecule has 14 heavy (non-hydrogen) atoms. The highest BCUT2D eigenvalue weighted by Crippen LogP contribution is 2.28. The normalized spacial score (nSPS) is 43.9. The fourth-order valence-electron chi connectivity index (χ4n) is 2.19. The van der Waals surface area contributed by atoms with Gasteiger partial charge in [-0.05, 0) is 12.8 Å². The van der Waals surface area contributed by atoms with Crippen LogP contribution >= 0.6 is 0 Å². The van der Waals surface area contributed by atoms with E-state index in [1.165, 1.54) is 0 Å². The van der Waals surface area contributed by atoms with Crippen molar-refractivity contribution in [2.24, 2.45) is 11.7 Å². The molecule has 4 N–H and O–H groups in total. The molecule has 1 aliphatic heterocycles. The largest absolute Gasteiger partial charge is 0.394 e. The number of hydrogen-bond acceptors (Lipinski definition) is 4. The maximum absolute atomic E-state index is 9.92. The fraction of sp³-hybridized carbons (Fsp3) is 1.00. The Hall–Kier alpha value is -0.160. The first kappa shape index (κ1) is 11.9. The van der Waals surface area contributed by atoms with Crippen molar-refractivity contribution in [3.05, 3.63) is 0 Å². The summed E-state index contributed by atoms with van der Waals surface area (Å²) in [6, 6.07) is -0.326. The molecule has 0 aromatic carbocycles. The second-order valence-electron chi connectivity index (χ2n) is 3.94. The molecule has 84 valence electrons. The van der Waals surface area contributed by atoms with E-state index in [1.807, 2.05) is 13.8 Å². The monoisotopic (exact) mass is 203 g/mol. The van der Waals surface area contributed by atoms with E-state index in [2.05, 4.69) is 0 Å². The van der Waals surface area contributed by atoms with Crippen LogP contribution < -0.4 is 5.73 Å². The van der Waals surface area contributed by atoms with Gasteiger partial charge in [0.1, 0.15) is 0 Å². The van der Waals surface area contributed by atoms with Gasteiger partial charge in [0.25, 0.3) is 0 Å². The summed E-state index contributed by atoms with van der Waals surface area (Å²) >= 11 is 0. The summed E-state index contributed by atoms with van der Waals surface area (Å²) in [5.74, 6) is -0.0437. The minimum absolute atomic E-state index is 0.0429. The molecule has 0 bridgehead atoms. The Balaban J connectivity index is 2.71. The van der Waals surface area contributed by atoms with Gasteiger partial charge in [-0.2, -0.15) is 0 Å². The molecule has 1 aliphatic rings. The Kier molecular flexibility index (Phi) is 4.31. The highest BCUT2D eigenvalue weighted by atomic mass is 16.5. The lowest BCUT2D eigenvalue weighted by Gasteiger charge is -2.42. The molecular formula is C10H21NO3. The van der Waals surface area contributed by atoms with E-state index in [4.69, 9.17) is 15.6 Å². The summed E-state index contributed by atoms with van der Waals surface area (Å²) in [5, 5.41) is 19.1. The van der Waals surface area contributed by atoms with Gasteiger partial charge in [0, 0.05) is 5.92 Å². The summed E-state index contributed by atoms with van der Waals surface area (Å²) < 4.78 is 5.64. The van der Waals surface area contributed by atoms with Gasteiger partial charge in [-0.1, -0.05) is 13.8 Å². The van der Waals surface area contributed by atoms with Gasteiger partial charge in [0.15, 0.2) is 0 Å². The van der Waals surface area contributed by atoms with Gasteiger partial charge in [-0.3, -0.25) is 0 Å². The Morgan fingerprint density at radius 1 is 1.21 bits per heavy atom. The van der Waals surface area contributed by atoms with Crippen LogP contribution in [-0.2, 0) is 4.74 Å². The SMILES string of the molecule is CCC1OC(CO)C(CC)C(O)C1N. The second kappa shape index (κ2) is 5.07. The Labute approximate surface area is 85.1 Å². The summed E-state index contributed by atoms with van der Waals surface area (Å²) in [6.45, 7) is 3.90. The summed E-state index contributed by atoms with van der Waals surface area (Å²) in [4.78, 5) is 0. The number of nitrogens with two attached hydrogens (primary N) is 1. The number of aliphatic hydroxyl groups excluding tert-OH is 2. The minimum Gasteiger partial charge on any atom is -0.394 e. The lowest BCUT2D eigenvalue weighted by Crippen LogP contribution is -2.58. The molecule has 1 saturated heterocycles. The predicted molar refractivity (Wildman–Crippen MR) is 53.8 cm³/mol. The third-order valence-corrected chi connectivity index (χ3v) is 3.14. The van der Waals surface area contributed by atoms with Crippen LogP contribution in [0, 0.1) is 5.92 Å². The zero-order valence-electron chi connectivity index (χ0n) is 8.89. The van der Waals surface area contributed by atoms with Crippen molar-refractivity contribution in [2.45, 2.75) is 51.0 Å². The molecule has 0 saturated carbocycles. The molecule has 0 spiro atoms. The standard InChI is InChI=1S/C10H21NO3/c1-3-6-8(5-12)14-7(4-2)9(11)10(6)13/h6-10,12-13H,3-5,11H2,1-2H3. The van der Waals surface area contributed by atoms with E-state index >= 15 is 0 Å². The van der Waals surface area contributed by atoms with Crippen molar-refractivity contribution < 1.29 is 14.9 Å². The van der Waals surface area contributed by atoms with Gasteiger partial charge in [0.2, 0.25) is 0 Å². The van der Waals surface area contributed by atoms with Crippen LogP contribution in [0.4, 0.5) is 0 Å². The first-order valence-corrected chi connectivity index (χ1v) is 5.35. The summed E-state index contributed by atoms with van der Waals surface area (Å²) in [6.07, 6.45) is 0.586. The third-order valence-electron chi connectivity index (χ3n) is 3.14. The molecule has 0 aromatic heterocycles. The molecule has 0 radical (unpaired) electrons. The van der Waals surface area contributed by atoms with Crippen molar-refractivity contribution in [1.29, 1.82) is 0 Å². The van der Waals surface area contributed by atoms with E-state index in [9.17, 15) is 5.11 Å². The van der Waals surface area contributed by atoms with Crippen LogP contribution in [0.15, 0.2) is 0 Å². The predicted octanol–water partition coefficient (Wildman–Crippen LogP) is -0.130. The second-order valence-corrected chi connectivity index (χ2v) is 3.94. The Bertz CT molecular complexity index is 175. The van der Waals surface area contributed by atoms with Crippen LogP contribution in [0.2, 0.25) is 0 Å². The molecule has 0 aliphatic carbocycles. The van der Waals surface area contributed by atoms with Crippen LogP contribution in [0.25, 0.3) is 0 Å². The number of hydrogen-bond donors (Lipinski definition) is 3. The maximum atomic E-state index is 9.92. The number of aliphatic hydroxyl groups is 2. The zero-order chi connectivity index (χ0) is 10.7. The average Bonchev–Trinajstić information content (AvgIpc) is 2.21. The lowest BCUT2D eigenvalue weighted by molar-refractivity contribution is -0.161. The summed E-state index contributed by atoms with van der Waals surface area (Å²) in [5.41, 5.74) is 5.86. The zero-order valence-corrected chi connectivity index (χ0v) is 8.89. The molecule has 1 heterocycles. The molecular weight excluding hydrogens is 182 g/mol. The number of ether oxygens (including phenoxy) is 1. The Morgan fingerprint density at radius 2 is 1.86 bits per heavy atom. The van der Waals surface area contributed by atoms with Crippen molar-refractivity contribution in [3.8, 4) is 0 Å². The van der Waals surface area contributed by atoms with E-state index < -0.39 is 6.10 Å². The van der Waals surface area contributed by atoms with Crippen molar-refractivity contribution in [2.75, 3.05) is 6.61 Å². The van der Waals surface area contributed by atoms with Crippen LogP contribution in [-0.4, -0.2) is 41.2 Å². The fourth-order valence-corrected chi connectivity index (χ4v) is 2.19. The molecule has 4 nitrogen and oxygen atoms in total. The van der Waals surface area contributed by atoms with Crippen LogP contribution in [0.1, 0.15) is 26.7 Å². The smallest absolute Gasteiger partial charge is 0.0863 e. The summed E-state index contributed by atoms with van der Waals surface area (Å²) in [7, 11) is 0. The first-order valence-electron chi connectivity index (χ1n) is 5.35. The molecule has 5 unspecified atom stereocenters. The first-order chi connectivity index (χ1) is 6.65.